The monoisotopic (exact) mass is 311 g/mol. The van der Waals surface area contributed by atoms with Gasteiger partial charge in [-0.3, -0.25) is 4.79 Å². The van der Waals surface area contributed by atoms with Gasteiger partial charge in [0.25, 0.3) is 5.91 Å². The van der Waals surface area contributed by atoms with Crippen LogP contribution in [0.4, 0.5) is 0 Å². The highest BCUT2D eigenvalue weighted by Gasteiger charge is 2.19. The van der Waals surface area contributed by atoms with Crippen LogP contribution in [0.3, 0.4) is 0 Å². The lowest BCUT2D eigenvalue weighted by molar-refractivity contribution is -0.142. The van der Waals surface area contributed by atoms with Crippen LogP contribution in [0.2, 0.25) is 0 Å². The van der Waals surface area contributed by atoms with Crippen LogP contribution < -0.4 is 10.1 Å². The van der Waals surface area contributed by atoms with Gasteiger partial charge < -0.3 is 15.2 Å². The summed E-state index contributed by atoms with van der Waals surface area (Å²) in [6.07, 6.45) is 2.29. The van der Waals surface area contributed by atoms with Crippen molar-refractivity contribution < 1.29 is 19.4 Å². The number of thioether (sulfide) groups is 1. The number of carbonyl (C=O) groups excluding carboxylic acids is 1. The van der Waals surface area contributed by atoms with E-state index in [2.05, 4.69) is 5.32 Å². The van der Waals surface area contributed by atoms with Gasteiger partial charge in [0.2, 0.25) is 0 Å². The van der Waals surface area contributed by atoms with Crippen LogP contribution in [0.25, 0.3) is 0 Å². The van der Waals surface area contributed by atoms with E-state index in [1.807, 2.05) is 38.3 Å². The third kappa shape index (κ3) is 6.08. The van der Waals surface area contributed by atoms with E-state index in [-0.39, 0.29) is 6.61 Å². The molecule has 0 aliphatic heterocycles. The number of hydrogen-bond acceptors (Lipinski definition) is 4. The molecule has 1 aromatic rings. The van der Waals surface area contributed by atoms with Crippen molar-refractivity contribution in [2.24, 2.45) is 0 Å². The molecule has 21 heavy (non-hydrogen) atoms. The van der Waals surface area contributed by atoms with Gasteiger partial charge in [-0.1, -0.05) is 12.1 Å². The highest BCUT2D eigenvalue weighted by molar-refractivity contribution is 7.98. The molecule has 0 bridgehead atoms. The minimum atomic E-state index is -1.02. The first-order chi connectivity index (χ1) is 9.93. The molecule has 0 heterocycles. The molecule has 0 unspecified atom stereocenters. The number of rotatable bonds is 8. The number of amides is 1. The maximum Gasteiger partial charge on any atom is 0.326 e. The van der Waals surface area contributed by atoms with Gasteiger partial charge in [0, 0.05) is 0 Å². The van der Waals surface area contributed by atoms with Crippen LogP contribution in [0.15, 0.2) is 18.2 Å². The van der Waals surface area contributed by atoms with Gasteiger partial charge >= 0.3 is 5.97 Å². The first-order valence-electron chi connectivity index (χ1n) is 6.65. The predicted octanol–water partition coefficient (Wildman–Crippen LogP) is 2.00. The second kappa shape index (κ2) is 8.56. The molecule has 1 atom stereocenters. The van der Waals surface area contributed by atoms with E-state index in [0.717, 1.165) is 11.1 Å². The van der Waals surface area contributed by atoms with Gasteiger partial charge in [-0.25, -0.2) is 4.79 Å². The Bertz CT molecular complexity index is 504. The fraction of sp³-hybridized carbons (Fsp3) is 0.467. The van der Waals surface area contributed by atoms with E-state index in [1.54, 1.807) is 11.8 Å². The molecule has 0 spiro atoms. The van der Waals surface area contributed by atoms with Crippen molar-refractivity contribution in [3.05, 3.63) is 29.3 Å². The zero-order valence-corrected chi connectivity index (χ0v) is 13.3. The molecule has 0 aliphatic carbocycles. The topological polar surface area (TPSA) is 75.6 Å². The molecule has 2 N–H and O–H groups in total. The molecule has 1 amide bonds. The molecule has 0 fully saturated rings. The van der Waals surface area contributed by atoms with Gasteiger partial charge in [-0.15, -0.1) is 0 Å². The Morgan fingerprint density at radius 3 is 2.71 bits per heavy atom. The number of aliphatic carboxylic acids is 1. The molecule has 0 aromatic heterocycles. The molecule has 5 nitrogen and oxygen atoms in total. The van der Waals surface area contributed by atoms with Crippen molar-refractivity contribution in [3.8, 4) is 5.75 Å². The number of carboxylic acids is 1. The molecule has 0 aliphatic rings. The van der Waals surface area contributed by atoms with E-state index in [1.165, 1.54) is 0 Å². The Morgan fingerprint density at radius 2 is 2.10 bits per heavy atom. The summed E-state index contributed by atoms with van der Waals surface area (Å²) in [5.41, 5.74) is 1.98. The normalized spacial score (nSPS) is 11.8. The van der Waals surface area contributed by atoms with Crippen LogP contribution in [0.5, 0.6) is 5.75 Å². The van der Waals surface area contributed by atoms with E-state index < -0.39 is 17.9 Å². The Morgan fingerprint density at radius 1 is 1.38 bits per heavy atom. The Balaban J connectivity index is 2.52. The van der Waals surface area contributed by atoms with E-state index in [9.17, 15) is 9.59 Å². The lowest BCUT2D eigenvalue weighted by Crippen LogP contribution is -2.43. The molecule has 0 saturated heterocycles. The maximum absolute atomic E-state index is 11.8. The van der Waals surface area contributed by atoms with Crippen molar-refractivity contribution in [1.29, 1.82) is 0 Å². The Hall–Kier alpha value is -1.69. The third-order valence-corrected chi connectivity index (χ3v) is 3.59. The molecule has 6 heteroatoms. The quantitative estimate of drug-likeness (QED) is 0.768. The molecule has 0 saturated carbocycles. The average Bonchev–Trinajstić information content (AvgIpc) is 2.44. The summed E-state index contributed by atoms with van der Waals surface area (Å²) < 4.78 is 5.45. The second-order valence-electron chi connectivity index (χ2n) is 4.80. The maximum atomic E-state index is 11.8. The van der Waals surface area contributed by atoms with E-state index >= 15 is 0 Å². The predicted molar refractivity (Wildman–Crippen MR) is 84.0 cm³/mol. The van der Waals surface area contributed by atoms with Crippen molar-refractivity contribution in [2.45, 2.75) is 26.3 Å². The Kier molecular flexibility index (Phi) is 7.08. The molecular formula is C15H21NO4S. The van der Waals surface area contributed by atoms with Crippen molar-refractivity contribution in [3.63, 3.8) is 0 Å². The van der Waals surface area contributed by atoms with Crippen molar-refractivity contribution in [2.75, 3.05) is 18.6 Å². The van der Waals surface area contributed by atoms with E-state index in [4.69, 9.17) is 9.84 Å². The lowest BCUT2D eigenvalue weighted by Gasteiger charge is -2.15. The second-order valence-corrected chi connectivity index (χ2v) is 5.78. The molecule has 0 radical (unpaired) electrons. The number of ether oxygens (including phenoxy) is 1. The highest BCUT2D eigenvalue weighted by atomic mass is 32.2. The summed E-state index contributed by atoms with van der Waals surface area (Å²) in [7, 11) is 0. The highest BCUT2D eigenvalue weighted by Crippen LogP contribution is 2.18. The van der Waals surface area contributed by atoms with Crippen LogP contribution in [0, 0.1) is 13.8 Å². The van der Waals surface area contributed by atoms with Crippen LogP contribution in [-0.2, 0) is 9.59 Å². The first kappa shape index (κ1) is 17.4. The summed E-state index contributed by atoms with van der Waals surface area (Å²) in [5.74, 6) is -0.135. The van der Waals surface area contributed by atoms with Crippen molar-refractivity contribution in [1.82, 2.24) is 5.32 Å². The summed E-state index contributed by atoms with van der Waals surface area (Å²) in [6.45, 7) is 3.65. The molecule has 116 valence electrons. The number of benzene rings is 1. The minimum Gasteiger partial charge on any atom is -0.483 e. The summed E-state index contributed by atoms with van der Waals surface area (Å²) in [5, 5.41) is 11.5. The fourth-order valence-corrected chi connectivity index (χ4v) is 2.21. The number of aryl methyl sites for hydroxylation is 2. The van der Waals surface area contributed by atoms with Crippen LogP contribution in [0.1, 0.15) is 17.5 Å². The van der Waals surface area contributed by atoms with Gasteiger partial charge in [0.05, 0.1) is 0 Å². The minimum absolute atomic E-state index is 0.187. The van der Waals surface area contributed by atoms with E-state index in [0.29, 0.717) is 17.9 Å². The molecule has 1 aromatic carbocycles. The SMILES string of the molecule is CSCC[C@H](NC(=O)COc1cc(C)ccc1C)C(=O)O. The third-order valence-electron chi connectivity index (χ3n) is 2.95. The zero-order valence-electron chi connectivity index (χ0n) is 12.5. The van der Waals surface area contributed by atoms with Crippen LogP contribution >= 0.6 is 11.8 Å². The smallest absolute Gasteiger partial charge is 0.326 e. The van der Waals surface area contributed by atoms with Gasteiger partial charge in [0.15, 0.2) is 6.61 Å². The van der Waals surface area contributed by atoms with Crippen LogP contribution in [-0.4, -0.2) is 41.6 Å². The summed E-state index contributed by atoms with van der Waals surface area (Å²) in [6, 6.07) is 4.87. The van der Waals surface area contributed by atoms with Gasteiger partial charge in [-0.2, -0.15) is 11.8 Å². The zero-order chi connectivity index (χ0) is 15.8. The molecular weight excluding hydrogens is 290 g/mol. The largest absolute Gasteiger partial charge is 0.483 e. The standard InChI is InChI=1S/C15H21NO4S/c1-10-4-5-11(2)13(8-10)20-9-14(17)16-12(15(18)19)6-7-21-3/h4-5,8,12H,6-7,9H2,1-3H3,(H,16,17)(H,18,19)/t12-/m0/s1. The van der Waals surface area contributed by atoms with Crippen molar-refractivity contribution >= 4 is 23.6 Å². The first-order valence-corrected chi connectivity index (χ1v) is 8.04. The molecule has 1 rings (SSSR count). The number of nitrogens with one attached hydrogen (secondary N) is 1. The Labute approximate surface area is 129 Å². The summed E-state index contributed by atoms with van der Waals surface area (Å²) in [4.78, 5) is 22.8. The number of carbonyl (C=O) groups is 2. The lowest BCUT2D eigenvalue weighted by atomic mass is 10.1. The average molecular weight is 311 g/mol. The van der Waals surface area contributed by atoms with Gasteiger partial charge in [-0.05, 0) is 49.5 Å². The number of carboxylic acid groups (broad SMARTS) is 1. The number of hydrogen-bond donors (Lipinski definition) is 2. The fourth-order valence-electron chi connectivity index (χ4n) is 1.74. The van der Waals surface area contributed by atoms with Gasteiger partial charge in [0.1, 0.15) is 11.8 Å². The summed E-state index contributed by atoms with van der Waals surface area (Å²) >= 11 is 1.54.